The molecule has 4 heteroatoms. The highest BCUT2D eigenvalue weighted by atomic mass is 35.5. The number of halogens is 1. The van der Waals surface area contributed by atoms with E-state index in [1.54, 1.807) is 12.0 Å². The molecule has 0 bridgehead atoms. The molecule has 0 aliphatic carbocycles. The third-order valence-electron chi connectivity index (χ3n) is 3.44. The second kappa shape index (κ2) is 8.28. The van der Waals surface area contributed by atoms with Crippen molar-refractivity contribution in [2.75, 3.05) is 24.5 Å². The van der Waals surface area contributed by atoms with Gasteiger partial charge in [0.15, 0.2) is 0 Å². The molecule has 1 aromatic rings. The number of benzene rings is 1. The minimum atomic E-state index is -0.0770. The standard InChI is InChI=1S/C16H24ClNO2/c1-5-13-8-7-9-14(6-2)16(13)18(15(19)10-17)12(3)11-20-4/h7-9,12H,5-6,10-11H2,1-4H3/t12-/m1/s1. The van der Waals surface area contributed by atoms with Crippen LogP contribution < -0.4 is 4.90 Å². The van der Waals surface area contributed by atoms with E-state index >= 15 is 0 Å². The number of hydrogen-bond acceptors (Lipinski definition) is 2. The van der Waals surface area contributed by atoms with Gasteiger partial charge >= 0.3 is 0 Å². The van der Waals surface area contributed by atoms with Gasteiger partial charge in [-0.05, 0) is 30.9 Å². The molecule has 0 unspecified atom stereocenters. The zero-order chi connectivity index (χ0) is 15.1. The van der Waals surface area contributed by atoms with Gasteiger partial charge in [0.2, 0.25) is 5.91 Å². The minimum Gasteiger partial charge on any atom is -0.383 e. The molecule has 112 valence electrons. The van der Waals surface area contributed by atoms with E-state index < -0.39 is 0 Å². The molecule has 0 spiro atoms. The number of nitrogens with zero attached hydrogens (tertiary/aromatic N) is 1. The smallest absolute Gasteiger partial charge is 0.242 e. The second-order valence-corrected chi connectivity index (χ2v) is 5.10. The van der Waals surface area contributed by atoms with E-state index in [9.17, 15) is 4.79 Å². The lowest BCUT2D eigenvalue weighted by atomic mass is 10.0. The van der Waals surface area contributed by atoms with Crippen LogP contribution in [0.4, 0.5) is 5.69 Å². The number of hydrogen-bond donors (Lipinski definition) is 0. The van der Waals surface area contributed by atoms with Crippen molar-refractivity contribution in [1.29, 1.82) is 0 Å². The van der Waals surface area contributed by atoms with Crippen molar-refractivity contribution in [1.82, 2.24) is 0 Å². The Morgan fingerprint density at radius 1 is 1.30 bits per heavy atom. The van der Waals surface area contributed by atoms with Gasteiger partial charge in [0.25, 0.3) is 0 Å². The Morgan fingerprint density at radius 2 is 1.85 bits per heavy atom. The largest absolute Gasteiger partial charge is 0.383 e. The molecule has 0 saturated heterocycles. The van der Waals surface area contributed by atoms with E-state index in [1.165, 1.54) is 11.1 Å². The van der Waals surface area contributed by atoms with Crippen LogP contribution in [-0.2, 0) is 22.4 Å². The van der Waals surface area contributed by atoms with Crippen LogP contribution in [0.2, 0.25) is 0 Å². The van der Waals surface area contributed by atoms with E-state index in [0.717, 1.165) is 18.5 Å². The van der Waals surface area contributed by atoms with E-state index in [4.69, 9.17) is 16.3 Å². The average molecular weight is 298 g/mol. The molecule has 1 atom stereocenters. The monoisotopic (exact) mass is 297 g/mol. The summed E-state index contributed by atoms with van der Waals surface area (Å²) in [6.45, 7) is 6.68. The second-order valence-electron chi connectivity index (χ2n) is 4.83. The highest BCUT2D eigenvalue weighted by molar-refractivity contribution is 6.29. The maximum absolute atomic E-state index is 12.3. The SMILES string of the molecule is CCc1cccc(CC)c1N(C(=O)CCl)[C@H](C)COC. The number of amides is 1. The van der Waals surface area contributed by atoms with E-state index in [2.05, 4.69) is 26.0 Å². The molecule has 1 aromatic carbocycles. The average Bonchev–Trinajstić information content (AvgIpc) is 2.47. The van der Waals surface area contributed by atoms with Crippen molar-refractivity contribution in [3.05, 3.63) is 29.3 Å². The van der Waals surface area contributed by atoms with E-state index in [0.29, 0.717) is 6.61 Å². The van der Waals surface area contributed by atoms with Gasteiger partial charge in [0.05, 0.1) is 18.3 Å². The first kappa shape index (κ1) is 17.0. The molecule has 0 saturated carbocycles. The first-order valence-corrected chi connectivity index (χ1v) is 7.61. The topological polar surface area (TPSA) is 29.5 Å². The van der Waals surface area contributed by atoms with Crippen molar-refractivity contribution < 1.29 is 9.53 Å². The molecule has 0 fully saturated rings. The number of carbonyl (C=O) groups excluding carboxylic acids is 1. The van der Waals surface area contributed by atoms with Crippen molar-refractivity contribution in [2.24, 2.45) is 0 Å². The quantitative estimate of drug-likeness (QED) is 0.722. The molecule has 0 N–H and O–H groups in total. The highest BCUT2D eigenvalue weighted by Crippen LogP contribution is 2.29. The fourth-order valence-corrected chi connectivity index (χ4v) is 2.62. The Hall–Kier alpha value is -1.06. The summed E-state index contributed by atoms with van der Waals surface area (Å²) in [7, 11) is 1.65. The Bertz CT molecular complexity index is 426. The summed E-state index contributed by atoms with van der Waals surface area (Å²) >= 11 is 5.80. The summed E-state index contributed by atoms with van der Waals surface area (Å²) in [5.41, 5.74) is 3.35. The maximum Gasteiger partial charge on any atom is 0.242 e. The summed E-state index contributed by atoms with van der Waals surface area (Å²) in [4.78, 5) is 14.1. The number of anilines is 1. The zero-order valence-corrected chi connectivity index (χ0v) is 13.5. The number of aryl methyl sites for hydroxylation is 2. The lowest BCUT2D eigenvalue weighted by Crippen LogP contribution is -2.43. The molecule has 1 rings (SSSR count). The van der Waals surface area contributed by atoms with Gasteiger partial charge in [0, 0.05) is 7.11 Å². The lowest BCUT2D eigenvalue weighted by Gasteiger charge is -2.32. The molecule has 0 radical (unpaired) electrons. The van der Waals surface area contributed by atoms with Gasteiger partial charge in [-0.3, -0.25) is 4.79 Å². The number of alkyl halides is 1. The lowest BCUT2D eigenvalue weighted by molar-refractivity contribution is -0.116. The van der Waals surface area contributed by atoms with Crippen LogP contribution in [0.5, 0.6) is 0 Å². The number of rotatable bonds is 7. The maximum atomic E-state index is 12.3. The van der Waals surface area contributed by atoms with Gasteiger partial charge in [0.1, 0.15) is 5.88 Å². The molecule has 0 aliphatic heterocycles. The van der Waals surface area contributed by atoms with Gasteiger partial charge in [-0.25, -0.2) is 0 Å². The summed E-state index contributed by atoms with van der Waals surface area (Å²) in [6, 6.07) is 6.15. The molecular weight excluding hydrogens is 274 g/mol. The first-order valence-electron chi connectivity index (χ1n) is 7.08. The van der Waals surface area contributed by atoms with Crippen molar-refractivity contribution in [3.63, 3.8) is 0 Å². The molecular formula is C16H24ClNO2. The zero-order valence-electron chi connectivity index (χ0n) is 12.8. The van der Waals surface area contributed by atoms with E-state index in [1.807, 2.05) is 13.0 Å². The molecule has 3 nitrogen and oxygen atoms in total. The number of carbonyl (C=O) groups is 1. The third-order valence-corrected chi connectivity index (χ3v) is 3.67. The third kappa shape index (κ3) is 3.74. The van der Waals surface area contributed by atoms with Gasteiger partial charge in [-0.1, -0.05) is 32.0 Å². The molecule has 20 heavy (non-hydrogen) atoms. The van der Waals surface area contributed by atoms with Crippen LogP contribution in [0, 0.1) is 0 Å². The number of methoxy groups -OCH3 is 1. The Kier molecular flexibility index (Phi) is 7.03. The van der Waals surface area contributed by atoms with Crippen molar-refractivity contribution >= 4 is 23.2 Å². The van der Waals surface area contributed by atoms with E-state index in [-0.39, 0.29) is 17.8 Å². The predicted octanol–water partition coefficient (Wildman–Crippen LogP) is 3.42. The normalized spacial score (nSPS) is 12.2. The fourth-order valence-electron chi connectivity index (χ4n) is 2.50. The first-order chi connectivity index (χ1) is 9.60. The highest BCUT2D eigenvalue weighted by Gasteiger charge is 2.25. The van der Waals surface area contributed by atoms with Gasteiger partial charge in [-0.15, -0.1) is 11.6 Å². The van der Waals surface area contributed by atoms with Gasteiger partial charge < -0.3 is 9.64 Å². The van der Waals surface area contributed by atoms with Crippen molar-refractivity contribution in [2.45, 2.75) is 39.7 Å². The summed E-state index contributed by atoms with van der Waals surface area (Å²) in [5, 5.41) is 0. The van der Waals surface area contributed by atoms with Gasteiger partial charge in [-0.2, -0.15) is 0 Å². The summed E-state index contributed by atoms with van der Waals surface area (Å²) in [6.07, 6.45) is 1.77. The van der Waals surface area contributed by atoms with Crippen LogP contribution in [0.1, 0.15) is 31.9 Å². The van der Waals surface area contributed by atoms with Crippen LogP contribution in [0.25, 0.3) is 0 Å². The molecule has 0 aliphatic rings. The fraction of sp³-hybridized carbons (Fsp3) is 0.562. The number of para-hydroxylation sites is 1. The van der Waals surface area contributed by atoms with Crippen LogP contribution >= 0.6 is 11.6 Å². The van der Waals surface area contributed by atoms with Crippen molar-refractivity contribution in [3.8, 4) is 0 Å². The Labute approximate surface area is 126 Å². The van der Waals surface area contributed by atoms with Crippen LogP contribution in [0.15, 0.2) is 18.2 Å². The Balaban J connectivity index is 3.35. The van der Waals surface area contributed by atoms with Crippen LogP contribution in [-0.4, -0.2) is 31.5 Å². The molecule has 0 aromatic heterocycles. The summed E-state index contributed by atoms with van der Waals surface area (Å²) in [5.74, 6) is -0.0956. The minimum absolute atomic E-state index is 0.0186. The Morgan fingerprint density at radius 3 is 2.25 bits per heavy atom. The summed E-state index contributed by atoms with van der Waals surface area (Å²) < 4.78 is 5.21. The predicted molar refractivity (Wildman–Crippen MR) is 84.7 cm³/mol. The molecule has 1 amide bonds. The van der Waals surface area contributed by atoms with Crippen LogP contribution in [0.3, 0.4) is 0 Å². The molecule has 0 heterocycles. The number of ether oxygens (including phenoxy) is 1.